The number of nitrogens with zero attached hydrogens (tertiary/aromatic N) is 2. The van der Waals surface area contributed by atoms with Gasteiger partial charge in [0.15, 0.2) is 5.54 Å². The Hall–Kier alpha value is -3.17. The Labute approximate surface area is 169 Å². The highest BCUT2D eigenvalue weighted by Gasteiger charge is 2.42. The Kier molecular flexibility index (Phi) is 5.45. The lowest BCUT2D eigenvalue weighted by atomic mass is 9.92. The first-order valence-electron chi connectivity index (χ1n) is 8.43. The summed E-state index contributed by atoms with van der Waals surface area (Å²) in [6.07, 6.45) is -0.350. The Balaban J connectivity index is 1.73. The maximum absolute atomic E-state index is 12.6. The highest BCUT2D eigenvalue weighted by atomic mass is 32.2. The molecule has 0 radical (unpaired) electrons. The van der Waals surface area contributed by atoms with E-state index in [0.29, 0.717) is 17.7 Å². The smallest absolute Gasteiger partial charge is 0.446 e. The van der Waals surface area contributed by atoms with E-state index in [9.17, 15) is 23.2 Å². The Morgan fingerprint density at radius 2 is 1.90 bits per heavy atom. The molecule has 0 bridgehead atoms. The Bertz CT molecular complexity index is 1030. The molecular weight excluding hydrogens is 403 g/mol. The van der Waals surface area contributed by atoms with Crippen molar-refractivity contribution in [2.75, 3.05) is 0 Å². The minimum absolute atomic E-state index is 0.0417. The fourth-order valence-electron chi connectivity index (χ4n) is 2.94. The number of carbonyl (C=O) groups is 1. The van der Waals surface area contributed by atoms with Gasteiger partial charge in [-0.05, 0) is 66.7 Å². The van der Waals surface area contributed by atoms with Crippen molar-refractivity contribution in [3.8, 4) is 17.9 Å². The number of amides is 1. The summed E-state index contributed by atoms with van der Waals surface area (Å²) < 4.78 is 43.1. The number of benzene rings is 2. The summed E-state index contributed by atoms with van der Waals surface area (Å²) >= 11 is -0.272. The number of carbonyl (C=O) groups excluding carboxylic acids is 1. The Morgan fingerprint density at radius 3 is 2.48 bits per heavy atom. The van der Waals surface area contributed by atoms with Crippen LogP contribution in [0.4, 0.5) is 13.2 Å². The maximum Gasteiger partial charge on any atom is 0.446 e. The van der Waals surface area contributed by atoms with Gasteiger partial charge in [-0.25, -0.2) is 0 Å². The van der Waals surface area contributed by atoms with E-state index in [1.54, 1.807) is 18.2 Å². The van der Waals surface area contributed by atoms with E-state index < -0.39 is 23.1 Å². The molecule has 0 unspecified atom stereocenters. The molecule has 2 aromatic rings. The zero-order chi connectivity index (χ0) is 21.2. The number of ether oxygens (including phenoxy) is 1. The van der Waals surface area contributed by atoms with Crippen molar-refractivity contribution in [1.29, 1.82) is 10.5 Å². The molecule has 2 aromatic carbocycles. The molecule has 1 aliphatic heterocycles. The third-order valence-corrected chi connectivity index (χ3v) is 5.20. The van der Waals surface area contributed by atoms with Gasteiger partial charge in [-0.2, -0.15) is 23.7 Å². The van der Waals surface area contributed by atoms with E-state index in [-0.39, 0.29) is 22.2 Å². The van der Waals surface area contributed by atoms with Crippen LogP contribution in [0.1, 0.15) is 28.4 Å². The van der Waals surface area contributed by atoms with Crippen LogP contribution in [0.3, 0.4) is 0 Å². The van der Waals surface area contributed by atoms with Crippen molar-refractivity contribution in [3.05, 3.63) is 59.2 Å². The molecule has 29 heavy (non-hydrogen) atoms. The van der Waals surface area contributed by atoms with Crippen molar-refractivity contribution < 1.29 is 22.7 Å². The highest BCUT2D eigenvalue weighted by molar-refractivity contribution is 8.00. The fourth-order valence-corrected chi connectivity index (χ4v) is 3.48. The van der Waals surface area contributed by atoms with Gasteiger partial charge in [0.2, 0.25) is 0 Å². The first kappa shape index (κ1) is 20.6. The van der Waals surface area contributed by atoms with Gasteiger partial charge in [-0.3, -0.25) is 4.79 Å². The molecule has 2 atom stereocenters. The van der Waals surface area contributed by atoms with Crippen LogP contribution in [0.25, 0.3) is 0 Å². The number of nitriles is 2. The Morgan fingerprint density at radius 1 is 1.21 bits per heavy atom. The molecule has 0 aromatic heterocycles. The predicted octanol–water partition coefficient (Wildman–Crippen LogP) is 4.19. The first-order chi connectivity index (χ1) is 13.6. The van der Waals surface area contributed by atoms with E-state index in [1.165, 1.54) is 31.2 Å². The average molecular weight is 417 g/mol. The van der Waals surface area contributed by atoms with Gasteiger partial charge in [0, 0.05) is 16.9 Å². The number of hydrogen-bond acceptors (Lipinski definition) is 5. The molecule has 1 N–H and O–H groups in total. The second-order valence-electron chi connectivity index (χ2n) is 6.59. The molecule has 3 rings (SSSR count). The second-order valence-corrected chi connectivity index (χ2v) is 7.72. The summed E-state index contributed by atoms with van der Waals surface area (Å²) in [5.74, 6) is -0.0619. The number of thioether (sulfide) groups is 1. The van der Waals surface area contributed by atoms with Crippen LogP contribution in [0.5, 0.6) is 5.75 Å². The summed E-state index contributed by atoms with van der Waals surface area (Å²) in [4.78, 5) is 12.5. The van der Waals surface area contributed by atoms with Gasteiger partial charge in [-0.1, -0.05) is 0 Å². The van der Waals surface area contributed by atoms with Crippen molar-refractivity contribution >= 4 is 17.7 Å². The van der Waals surface area contributed by atoms with E-state index >= 15 is 0 Å². The molecule has 148 valence electrons. The van der Waals surface area contributed by atoms with E-state index in [4.69, 9.17) is 10.00 Å². The van der Waals surface area contributed by atoms with Gasteiger partial charge in [0.05, 0.1) is 17.7 Å². The number of nitrogens with one attached hydrogen (secondary N) is 1. The van der Waals surface area contributed by atoms with Gasteiger partial charge >= 0.3 is 5.51 Å². The van der Waals surface area contributed by atoms with Gasteiger partial charge in [0.1, 0.15) is 11.9 Å². The predicted molar refractivity (Wildman–Crippen MR) is 99.1 cm³/mol. The summed E-state index contributed by atoms with van der Waals surface area (Å²) in [5, 5.41) is 21.3. The van der Waals surface area contributed by atoms with Crippen LogP contribution < -0.4 is 10.1 Å². The molecule has 0 aliphatic carbocycles. The van der Waals surface area contributed by atoms with Crippen LogP contribution in [0.15, 0.2) is 47.4 Å². The minimum Gasteiger partial charge on any atom is -0.486 e. The van der Waals surface area contributed by atoms with Crippen LogP contribution in [-0.4, -0.2) is 23.1 Å². The molecule has 0 spiro atoms. The van der Waals surface area contributed by atoms with Crippen molar-refractivity contribution in [2.45, 2.75) is 35.4 Å². The first-order valence-corrected chi connectivity index (χ1v) is 9.24. The SMILES string of the molecule is C[C@@](C#N)(NC(=O)c1ccc(SC(F)(F)F)cc1)[C@@H]1Cc2cc(C#N)ccc2O1. The zero-order valence-electron chi connectivity index (χ0n) is 15.1. The minimum atomic E-state index is -4.41. The third-order valence-electron chi connectivity index (χ3n) is 4.46. The molecular formula is C20H14F3N3O2S. The monoisotopic (exact) mass is 417 g/mol. The zero-order valence-corrected chi connectivity index (χ0v) is 15.9. The quantitative estimate of drug-likeness (QED) is 0.754. The average Bonchev–Trinajstić information content (AvgIpc) is 3.11. The number of alkyl halides is 3. The lowest BCUT2D eigenvalue weighted by molar-refractivity contribution is -0.0328. The topological polar surface area (TPSA) is 85.9 Å². The van der Waals surface area contributed by atoms with Crippen molar-refractivity contribution in [1.82, 2.24) is 5.32 Å². The molecule has 0 saturated heterocycles. The number of halogens is 3. The van der Waals surface area contributed by atoms with Crippen LogP contribution in [0.2, 0.25) is 0 Å². The maximum atomic E-state index is 12.6. The molecule has 1 amide bonds. The van der Waals surface area contributed by atoms with Crippen LogP contribution in [-0.2, 0) is 6.42 Å². The molecule has 1 aliphatic rings. The second kappa shape index (κ2) is 7.69. The summed E-state index contributed by atoms with van der Waals surface area (Å²) in [6.45, 7) is 1.51. The standard InChI is InChI=1S/C20H14F3N3O2S/c1-19(11-25,17-9-14-8-12(10-24)2-7-16(14)28-17)26-18(27)13-3-5-15(6-4-13)29-20(21,22)23/h2-8,17H,9H2,1H3,(H,26,27)/t17-,19-/m0/s1. The number of fused-ring (bicyclic) bond motifs is 1. The van der Waals surface area contributed by atoms with E-state index in [1.807, 2.05) is 6.07 Å². The fraction of sp³-hybridized carbons (Fsp3) is 0.250. The van der Waals surface area contributed by atoms with Crippen molar-refractivity contribution in [3.63, 3.8) is 0 Å². The van der Waals surface area contributed by atoms with Crippen LogP contribution >= 0.6 is 11.8 Å². The van der Waals surface area contributed by atoms with Crippen LogP contribution in [0, 0.1) is 22.7 Å². The van der Waals surface area contributed by atoms with Gasteiger partial charge in [0.25, 0.3) is 5.91 Å². The van der Waals surface area contributed by atoms with Gasteiger partial charge < -0.3 is 10.1 Å². The lowest BCUT2D eigenvalue weighted by Gasteiger charge is -2.29. The lowest BCUT2D eigenvalue weighted by Crippen LogP contribution is -2.55. The normalized spacial score (nSPS) is 17.2. The largest absolute Gasteiger partial charge is 0.486 e. The van der Waals surface area contributed by atoms with Crippen molar-refractivity contribution in [2.24, 2.45) is 0 Å². The van der Waals surface area contributed by atoms with Gasteiger partial charge in [-0.15, -0.1) is 0 Å². The molecule has 0 fully saturated rings. The van der Waals surface area contributed by atoms with E-state index in [0.717, 1.165) is 5.56 Å². The summed E-state index contributed by atoms with van der Waals surface area (Å²) in [6, 6.07) is 13.9. The molecule has 9 heteroatoms. The highest BCUT2D eigenvalue weighted by Crippen LogP contribution is 2.37. The molecule has 5 nitrogen and oxygen atoms in total. The number of hydrogen-bond donors (Lipinski definition) is 1. The summed E-state index contributed by atoms with van der Waals surface area (Å²) in [5.41, 5.74) is -4.45. The third kappa shape index (κ3) is 4.64. The number of rotatable bonds is 4. The molecule has 1 heterocycles. The van der Waals surface area contributed by atoms with E-state index in [2.05, 4.69) is 11.4 Å². The molecule has 0 saturated carbocycles. The summed E-state index contributed by atoms with van der Waals surface area (Å²) in [7, 11) is 0.